The number of nitrogens with zero attached hydrogens (tertiary/aromatic N) is 3. The Morgan fingerprint density at radius 1 is 1.17 bits per heavy atom. The summed E-state index contributed by atoms with van der Waals surface area (Å²) in [5.41, 5.74) is 0.142. The fourth-order valence-corrected chi connectivity index (χ4v) is 5.58. The predicted octanol–water partition coefficient (Wildman–Crippen LogP) is 2.54. The molecule has 2 aliphatic heterocycles. The number of anilines is 1. The Morgan fingerprint density at radius 3 is 2.43 bits per heavy atom. The van der Waals surface area contributed by atoms with Crippen LogP contribution in [0.15, 0.2) is 23.1 Å². The Balaban J connectivity index is 1.78. The second kappa shape index (κ2) is 10.0. The standard InChI is InChI=1S/C20H32N4O5S/c1-16(2)13-17(22-7-3-4-8-22)15-21-19-6-5-18(14-20(19)24(25)26)30(27,28)23-9-11-29-12-10-23/h5-6,14,16-17,21H,3-4,7-13,15H2,1-2H3/t17-/m0/s1. The first-order valence-corrected chi connectivity index (χ1v) is 12.1. The van der Waals surface area contributed by atoms with Crippen LogP contribution in [0.3, 0.4) is 0 Å². The Labute approximate surface area is 178 Å². The molecular formula is C20H32N4O5S. The summed E-state index contributed by atoms with van der Waals surface area (Å²) in [7, 11) is -3.78. The minimum absolute atomic E-state index is 0.0556. The van der Waals surface area contributed by atoms with Crippen LogP contribution in [0.4, 0.5) is 11.4 Å². The van der Waals surface area contributed by atoms with Crippen LogP contribution in [-0.2, 0) is 14.8 Å². The van der Waals surface area contributed by atoms with Gasteiger partial charge in [-0.3, -0.25) is 15.0 Å². The van der Waals surface area contributed by atoms with Gasteiger partial charge in [-0.2, -0.15) is 4.31 Å². The molecule has 3 rings (SSSR count). The van der Waals surface area contributed by atoms with Crippen molar-refractivity contribution in [2.24, 2.45) is 5.92 Å². The molecule has 0 unspecified atom stereocenters. The number of ether oxygens (including phenoxy) is 1. The smallest absolute Gasteiger partial charge is 0.293 e. The van der Waals surface area contributed by atoms with E-state index in [4.69, 9.17) is 4.74 Å². The van der Waals surface area contributed by atoms with E-state index in [0.717, 1.165) is 19.5 Å². The van der Waals surface area contributed by atoms with Gasteiger partial charge in [0, 0.05) is 31.7 Å². The highest BCUT2D eigenvalue weighted by Crippen LogP contribution is 2.30. The lowest BCUT2D eigenvalue weighted by molar-refractivity contribution is -0.384. The molecule has 0 bridgehead atoms. The normalized spacial score (nSPS) is 19.8. The maximum absolute atomic E-state index is 12.9. The quantitative estimate of drug-likeness (QED) is 0.465. The zero-order valence-electron chi connectivity index (χ0n) is 17.7. The van der Waals surface area contributed by atoms with Gasteiger partial charge in [0.25, 0.3) is 5.69 Å². The number of nitro groups is 1. The SMILES string of the molecule is CC(C)C[C@@H](CNc1ccc(S(=O)(=O)N2CCOCC2)cc1[N+](=O)[O-])N1CCCC1. The lowest BCUT2D eigenvalue weighted by atomic mass is 10.0. The van der Waals surface area contributed by atoms with Crippen LogP contribution < -0.4 is 5.32 Å². The summed E-state index contributed by atoms with van der Waals surface area (Å²) in [5, 5.41) is 14.9. The summed E-state index contributed by atoms with van der Waals surface area (Å²) in [5.74, 6) is 0.522. The monoisotopic (exact) mass is 440 g/mol. The van der Waals surface area contributed by atoms with Gasteiger partial charge < -0.3 is 10.1 Å². The molecule has 2 fully saturated rings. The van der Waals surface area contributed by atoms with Crippen molar-refractivity contribution in [1.82, 2.24) is 9.21 Å². The molecule has 168 valence electrons. The third-order valence-electron chi connectivity index (χ3n) is 5.70. The van der Waals surface area contributed by atoms with E-state index in [2.05, 4.69) is 24.1 Å². The summed E-state index contributed by atoms with van der Waals surface area (Å²) in [4.78, 5) is 13.5. The van der Waals surface area contributed by atoms with Crippen LogP contribution in [0.25, 0.3) is 0 Å². The van der Waals surface area contributed by atoms with Gasteiger partial charge in [-0.1, -0.05) is 13.8 Å². The molecule has 2 heterocycles. The van der Waals surface area contributed by atoms with Crippen LogP contribution in [0.1, 0.15) is 33.1 Å². The van der Waals surface area contributed by atoms with Gasteiger partial charge in [0.05, 0.1) is 23.0 Å². The van der Waals surface area contributed by atoms with Crippen molar-refractivity contribution in [3.63, 3.8) is 0 Å². The van der Waals surface area contributed by atoms with Crippen LogP contribution in [0.5, 0.6) is 0 Å². The summed E-state index contributed by atoms with van der Waals surface area (Å²) < 4.78 is 32.2. The van der Waals surface area contributed by atoms with E-state index < -0.39 is 14.9 Å². The Morgan fingerprint density at radius 2 is 1.83 bits per heavy atom. The molecule has 1 atom stereocenters. The first-order valence-electron chi connectivity index (χ1n) is 10.6. The van der Waals surface area contributed by atoms with Crippen LogP contribution in [0.2, 0.25) is 0 Å². The van der Waals surface area contributed by atoms with E-state index in [0.29, 0.717) is 37.4 Å². The fourth-order valence-electron chi connectivity index (χ4n) is 4.15. The fraction of sp³-hybridized carbons (Fsp3) is 0.700. The predicted molar refractivity (Wildman–Crippen MR) is 115 cm³/mol. The van der Waals surface area contributed by atoms with Crippen LogP contribution >= 0.6 is 0 Å². The first kappa shape index (κ1) is 22.9. The Hall–Kier alpha value is -1.75. The highest BCUT2D eigenvalue weighted by atomic mass is 32.2. The maximum Gasteiger partial charge on any atom is 0.293 e. The summed E-state index contributed by atoms with van der Waals surface area (Å²) >= 11 is 0. The molecule has 1 aromatic carbocycles. The average molecular weight is 441 g/mol. The second-order valence-corrected chi connectivity index (χ2v) is 10.3. The lowest BCUT2D eigenvalue weighted by Gasteiger charge is -2.29. The van der Waals surface area contributed by atoms with E-state index in [1.165, 1.54) is 35.3 Å². The highest BCUT2D eigenvalue weighted by molar-refractivity contribution is 7.89. The third-order valence-corrected chi connectivity index (χ3v) is 7.60. The number of nitrogens with one attached hydrogen (secondary N) is 1. The molecule has 0 spiro atoms. The molecule has 2 saturated heterocycles. The number of hydrogen-bond acceptors (Lipinski definition) is 7. The third kappa shape index (κ3) is 5.48. The van der Waals surface area contributed by atoms with E-state index in [1.807, 2.05) is 0 Å². The molecule has 30 heavy (non-hydrogen) atoms. The van der Waals surface area contributed by atoms with Gasteiger partial charge in [0.15, 0.2) is 0 Å². The van der Waals surface area contributed by atoms with Crippen molar-refractivity contribution in [3.05, 3.63) is 28.3 Å². The van der Waals surface area contributed by atoms with Crippen molar-refractivity contribution in [3.8, 4) is 0 Å². The summed E-state index contributed by atoms with van der Waals surface area (Å²) in [6, 6.07) is 4.43. The molecule has 0 saturated carbocycles. The van der Waals surface area contributed by atoms with Crippen molar-refractivity contribution in [1.29, 1.82) is 0 Å². The molecule has 0 radical (unpaired) electrons. The van der Waals surface area contributed by atoms with Gasteiger partial charge in [0.1, 0.15) is 5.69 Å². The second-order valence-electron chi connectivity index (χ2n) is 8.36. The molecule has 10 heteroatoms. The molecule has 2 aliphatic rings. The number of morpholine rings is 1. The van der Waals surface area contributed by atoms with E-state index in [9.17, 15) is 18.5 Å². The van der Waals surface area contributed by atoms with Crippen molar-refractivity contribution >= 4 is 21.4 Å². The van der Waals surface area contributed by atoms with Crippen LogP contribution in [-0.4, -0.2) is 74.5 Å². The first-order chi connectivity index (χ1) is 14.3. The van der Waals surface area contributed by atoms with Gasteiger partial charge in [-0.25, -0.2) is 8.42 Å². The molecule has 0 aromatic heterocycles. The van der Waals surface area contributed by atoms with E-state index in [1.54, 1.807) is 0 Å². The Bertz CT molecular complexity index is 834. The minimum atomic E-state index is -3.78. The molecule has 0 amide bonds. The molecule has 1 N–H and O–H groups in total. The summed E-state index contributed by atoms with van der Waals surface area (Å²) in [6.07, 6.45) is 3.37. The zero-order chi connectivity index (χ0) is 21.7. The largest absolute Gasteiger partial charge is 0.379 e. The number of nitro benzene ring substituents is 1. The van der Waals surface area contributed by atoms with E-state index >= 15 is 0 Å². The number of hydrogen-bond donors (Lipinski definition) is 1. The van der Waals surface area contributed by atoms with Gasteiger partial charge in [-0.15, -0.1) is 0 Å². The van der Waals surface area contributed by atoms with Gasteiger partial charge in [0.2, 0.25) is 10.0 Å². The molecular weight excluding hydrogens is 408 g/mol. The topological polar surface area (TPSA) is 105 Å². The number of sulfonamides is 1. The number of rotatable bonds is 9. The maximum atomic E-state index is 12.9. The van der Waals surface area contributed by atoms with Gasteiger partial charge in [-0.05, 0) is 50.4 Å². The average Bonchev–Trinajstić information content (AvgIpc) is 3.26. The Kier molecular flexibility index (Phi) is 7.67. The molecule has 1 aromatic rings. The zero-order valence-corrected chi connectivity index (χ0v) is 18.6. The molecule has 0 aliphatic carbocycles. The minimum Gasteiger partial charge on any atom is -0.379 e. The highest BCUT2D eigenvalue weighted by Gasteiger charge is 2.29. The lowest BCUT2D eigenvalue weighted by Crippen LogP contribution is -2.40. The van der Waals surface area contributed by atoms with Crippen molar-refractivity contribution < 1.29 is 18.1 Å². The number of benzene rings is 1. The van der Waals surface area contributed by atoms with Crippen LogP contribution in [0, 0.1) is 16.0 Å². The van der Waals surface area contributed by atoms with Crippen molar-refractivity contribution in [2.75, 3.05) is 51.3 Å². The van der Waals surface area contributed by atoms with Gasteiger partial charge >= 0.3 is 0 Å². The van der Waals surface area contributed by atoms with Crippen molar-refractivity contribution in [2.45, 2.75) is 44.0 Å². The number of likely N-dealkylation sites (tertiary alicyclic amines) is 1. The molecule has 9 nitrogen and oxygen atoms in total. The summed E-state index contributed by atoms with van der Waals surface area (Å²) in [6.45, 7) is 8.22. The van der Waals surface area contributed by atoms with E-state index in [-0.39, 0.29) is 23.7 Å².